The monoisotopic (exact) mass is 281 g/mol. The number of H-pyrrole nitrogens is 1. The third-order valence-electron chi connectivity index (χ3n) is 3.11. The van der Waals surface area contributed by atoms with E-state index in [2.05, 4.69) is 15.3 Å². The van der Waals surface area contributed by atoms with Crippen molar-refractivity contribution in [1.82, 2.24) is 15.3 Å². The predicted molar refractivity (Wildman–Crippen MR) is 80.1 cm³/mol. The van der Waals surface area contributed by atoms with Gasteiger partial charge in [0, 0.05) is 0 Å². The van der Waals surface area contributed by atoms with Gasteiger partial charge in [-0.15, -0.1) is 0 Å². The highest BCUT2D eigenvalue weighted by Gasteiger charge is 2.14. The van der Waals surface area contributed by atoms with E-state index in [1.807, 2.05) is 49.4 Å². The smallest absolute Gasteiger partial charge is 0.410 e. The highest BCUT2D eigenvalue weighted by Crippen LogP contribution is 2.16. The van der Waals surface area contributed by atoms with Gasteiger partial charge in [-0.1, -0.05) is 30.3 Å². The van der Waals surface area contributed by atoms with Crippen molar-refractivity contribution < 1.29 is 9.53 Å². The summed E-state index contributed by atoms with van der Waals surface area (Å²) in [5.74, 6) is 1.20. The maximum atomic E-state index is 11.8. The van der Waals surface area contributed by atoms with Crippen molar-refractivity contribution in [3.05, 3.63) is 60.4 Å². The van der Waals surface area contributed by atoms with Crippen LogP contribution in [0.4, 0.5) is 4.79 Å². The number of nitrogens with zero attached hydrogens (tertiary/aromatic N) is 1. The summed E-state index contributed by atoms with van der Waals surface area (Å²) in [6, 6.07) is 16.4. The van der Waals surface area contributed by atoms with Crippen LogP contribution in [0.1, 0.15) is 18.8 Å². The summed E-state index contributed by atoms with van der Waals surface area (Å²) >= 11 is 0. The molecular formula is C16H15N3O2. The molecule has 0 fully saturated rings. The average Bonchev–Trinajstić information content (AvgIpc) is 2.92. The van der Waals surface area contributed by atoms with Crippen LogP contribution < -0.4 is 10.1 Å². The normalized spacial score (nSPS) is 12.0. The molecule has 1 amide bonds. The molecule has 3 rings (SSSR count). The van der Waals surface area contributed by atoms with Gasteiger partial charge in [0.25, 0.3) is 0 Å². The lowest BCUT2D eigenvalue weighted by Gasteiger charge is -2.11. The van der Waals surface area contributed by atoms with Crippen LogP contribution in [0.3, 0.4) is 0 Å². The summed E-state index contributed by atoms with van der Waals surface area (Å²) < 4.78 is 5.19. The second-order valence-electron chi connectivity index (χ2n) is 4.71. The number of para-hydroxylation sites is 3. The first-order valence-corrected chi connectivity index (χ1v) is 6.70. The van der Waals surface area contributed by atoms with Gasteiger partial charge in [-0.05, 0) is 31.2 Å². The van der Waals surface area contributed by atoms with E-state index in [1.165, 1.54) is 0 Å². The minimum Gasteiger partial charge on any atom is -0.410 e. The number of amides is 1. The molecule has 0 aliphatic carbocycles. The van der Waals surface area contributed by atoms with Crippen LogP contribution in [0, 0.1) is 0 Å². The minimum absolute atomic E-state index is 0.270. The zero-order valence-corrected chi connectivity index (χ0v) is 11.5. The number of fused-ring (bicyclic) bond motifs is 1. The molecule has 1 unspecified atom stereocenters. The maximum Gasteiger partial charge on any atom is 0.413 e. The molecular weight excluding hydrogens is 266 g/mol. The second-order valence-corrected chi connectivity index (χ2v) is 4.71. The number of carbonyl (C=O) groups excluding carboxylic acids is 1. The van der Waals surface area contributed by atoms with E-state index < -0.39 is 6.09 Å². The van der Waals surface area contributed by atoms with E-state index in [1.54, 1.807) is 12.1 Å². The molecule has 3 aromatic rings. The lowest BCUT2D eigenvalue weighted by Crippen LogP contribution is -2.30. The Morgan fingerprint density at radius 1 is 1.14 bits per heavy atom. The summed E-state index contributed by atoms with van der Waals surface area (Å²) in [6.45, 7) is 1.85. The molecule has 0 saturated carbocycles. The quantitative estimate of drug-likeness (QED) is 0.773. The van der Waals surface area contributed by atoms with E-state index in [-0.39, 0.29) is 6.04 Å². The Hall–Kier alpha value is -2.82. The number of rotatable bonds is 3. The number of hydrogen-bond acceptors (Lipinski definition) is 3. The number of imidazole rings is 1. The summed E-state index contributed by atoms with van der Waals surface area (Å²) in [5, 5.41) is 2.75. The average molecular weight is 281 g/mol. The Morgan fingerprint density at radius 2 is 1.86 bits per heavy atom. The van der Waals surface area contributed by atoms with Gasteiger partial charge in [-0.3, -0.25) is 0 Å². The Labute approximate surface area is 122 Å². The van der Waals surface area contributed by atoms with Crippen molar-refractivity contribution in [3.8, 4) is 5.75 Å². The lowest BCUT2D eigenvalue weighted by atomic mass is 10.3. The number of carbonyl (C=O) groups is 1. The minimum atomic E-state index is -0.505. The SMILES string of the molecule is CC(NC(=O)Oc1ccccc1)c1nc2ccccc2[nH]1. The van der Waals surface area contributed by atoms with Crippen LogP contribution in [-0.2, 0) is 0 Å². The fraction of sp³-hybridized carbons (Fsp3) is 0.125. The summed E-state index contributed by atoms with van der Waals surface area (Å²) in [6.07, 6.45) is -0.505. The Kier molecular flexibility index (Phi) is 3.55. The zero-order chi connectivity index (χ0) is 14.7. The van der Waals surface area contributed by atoms with Crippen molar-refractivity contribution in [3.63, 3.8) is 0 Å². The number of benzene rings is 2. The maximum absolute atomic E-state index is 11.8. The molecule has 0 saturated heterocycles. The van der Waals surface area contributed by atoms with E-state index >= 15 is 0 Å². The molecule has 5 nitrogen and oxygen atoms in total. The summed E-state index contributed by atoms with van der Waals surface area (Å²) in [7, 11) is 0. The van der Waals surface area contributed by atoms with Gasteiger partial charge >= 0.3 is 6.09 Å². The van der Waals surface area contributed by atoms with Crippen molar-refractivity contribution >= 4 is 17.1 Å². The Balaban J connectivity index is 1.68. The largest absolute Gasteiger partial charge is 0.413 e. The molecule has 2 aromatic carbocycles. The highest BCUT2D eigenvalue weighted by atomic mass is 16.6. The van der Waals surface area contributed by atoms with Crippen molar-refractivity contribution in [1.29, 1.82) is 0 Å². The molecule has 0 radical (unpaired) electrons. The first kappa shape index (κ1) is 13.2. The van der Waals surface area contributed by atoms with Gasteiger partial charge in [0.1, 0.15) is 11.6 Å². The molecule has 1 heterocycles. The molecule has 0 aliphatic heterocycles. The molecule has 2 N–H and O–H groups in total. The van der Waals surface area contributed by atoms with Gasteiger partial charge in [0.05, 0.1) is 17.1 Å². The van der Waals surface area contributed by atoms with Crippen LogP contribution in [0.5, 0.6) is 5.75 Å². The summed E-state index contributed by atoms with van der Waals surface area (Å²) in [4.78, 5) is 19.5. The van der Waals surface area contributed by atoms with Gasteiger partial charge in [0.15, 0.2) is 0 Å². The zero-order valence-electron chi connectivity index (χ0n) is 11.5. The molecule has 1 aromatic heterocycles. The van der Waals surface area contributed by atoms with E-state index in [0.717, 1.165) is 11.0 Å². The Morgan fingerprint density at radius 3 is 2.62 bits per heavy atom. The third kappa shape index (κ3) is 3.02. The first-order valence-electron chi connectivity index (χ1n) is 6.70. The van der Waals surface area contributed by atoms with Gasteiger partial charge in [-0.2, -0.15) is 0 Å². The number of nitrogens with one attached hydrogen (secondary N) is 2. The van der Waals surface area contributed by atoms with Crippen LogP contribution in [0.25, 0.3) is 11.0 Å². The molecule has 0 spiro atoms. The molecule has 5 heteroatoms. The number of aromatic nitrogens is 2. The van der Waals surface area contributed by atoms with Crippen molar-refractivity contribution in [2.24, 2.45) is 0 Å². The van der Waals surface area contributed by atoms with E-state index in [0.29, 0.717) is 11.6 Å². The summed E-state index contributed by atoms with van der Waals surface area (Å²) in [5.41, 5.74) is 1.81. The van der Waals surface area contributed by atoms with Crippen LogP contribution in [0.2, 0.25) is 0 Å². The number of ether oxygens (including phenoxy) is 1. The topological polar surface area (TPSA) is 67.0 Å². The highest BCUT2D eigenvalue weighted by molar-refractivity contribution is 5.75. The fourth-order valence-electron chi connectivity index (χ4n) is 2.05. The van der Waals surface area contributed by atoms with Crippen LogP contribution >= 0.6 is 0 Å². The number of aromatic amines is 1. The Bertz CT molecular complexity index is 719. The van der Waals surface area contributed by atoms with Gasteiger partial charge in [0.2, 0.25) is 0 Å². The van der Waals surface area contributed by atoms with Crippen LogP contribution in [-0.4, -0.2) is 16.1 Å². The van der Waals surface area contributed by atoms with Crippen molar-refractivity contribution in [2.45, 2.75) is 13.0 Å². The number of hydrogen-bond donors (Lipinski definition) is 2. The molecule has 21 heavy (non-hydrogen) atoms. The van der Waals surface area contributed by atoms with Gasteiger partial charge in [-0.25, -0.2) is 9.78 Å². The second kappa shape index (κ2) is 5.66. The molecule has 106 valence electrons. The first-order chi connectivity index (χ1) is 10.2. The lowest BCUT2D eigenvalue weighted by molar-refractivity contribution is 0.196. The van der Waals surface area contributed by atoms with E-state index in [4.69, 9.17) is 4.74 Å². The van der Waals surface area contributed by atoms with Gasteiger partial charge < -0.3 is 15.0 Å². The van der Waals surface area contributed by atoms with Crippen LogP contribution in [0.15, 0.2) is 54.6 Å². The standard InChI is InChI=1S/C16H15N3O2/c1-11(15-18-13-9-5-6-10-14(13)19-15)17-16(20)21-12-7-3-2-4-8-12/h2-11H,1H3,(H,17,20)(H,18,19). The molecule has 0 aliphatic rings. The van der Waals surface area contributed by atoms with Crippen molar-refractivity contribution in [2.75, 3.05) is 0 Å². The molecule has 1 atom stereocenters. The fourth-order valence-corrected chi connectivity index (χ4v) is 2.05. The predicted octanol–water partition coefficient (Wildman–Crippen LogP) is 3.41. The third-order valence-corrected chi connectivity index (χ3v) is 3.11. The van der Waals surface area contributed by atoms with E-state index in [9.17, 15) is 4.79 Å². The molecule has 0 bridgehead atoms.